The molecule has 4 unspecified atom stereocenters. The number of aliphatic carboxylic acids is 1. The molecule has 32 heavy (non-hydrogen) atoms. The molecule has 0 aromatic rings. The zero-order valence-electron chi connectivity index (χ0n) is 19.3. The smallest absolute Gasteiger partial charge is 0.326 e. The van der Waals surface area contributed by atoms with Gasteiger partial charge in [0.05, 0.1) is 6.04 Å². The molecule has 1 aliphatic heterocycles. The van der Waals surface area contributed by atoms with Crippen molar-refractivity contribution in [2.45, 2.75) is 84.0 Å². The van der Waals surface area contributed by atoms with Crippen molar-refractivity contribution in [1.82, 2.24) is 15.5 Å². The largest absolute Gasteiger partial charge is 0.480 e. The third-order valence-electron chi connectivity index (χ3n) is 5.48. The molecule has 0 aliphatic carbocycles. The number of carboxylic acid groups (broad SMARTS) is 1. The number of primary amides is 1. The van der Waals surface area contributed by atoms with Gasteiger partial charge in [-0.1, -0.05) is 27.7 Å². The van der Waals surface area contributed by atoms with Crippen molar-refractivity contribution >= 4 is 29.6 Å². The van der Waals surface area contributed by atoms with Gasteiger partial charge in [-0.15, -0.1) is 0 Å². The lowest BCUT2D eigenvalue weighted by atomic mass is 10.00. The van der Waals surface area contributed by atoms with E-state index in [-0.39, 0.29) is 24.7 Å². The van der Waals surface area contributed by atoms with Crippen LogP contribution in [0.5, 0.6) is 0 Å². The molecule has 7 N–H and O–H groups in total. The van der Waals surface area contributed by atoms with Gasteiger partial charge in [0.1, 0.15) is 18.1 Å². The fraction of sp³-hybridized carbons (Fsp3) is 0.762. The molecule has 0 saturated carbocycles. The van der Waals surface area contributed by atoms with E-state index >= 15 is 0 Å². The van der Waals surface area contributed by atoms with Crippen LogP contribution in [0.2, 0.25) is 0 Å². The van der Waals surface area contributed by atoms with Gasteiger partial charge in [-0.2, -0.15) is 0 Å². The van der Waals surface area contributed by atoms with Gasteiger partial charge in [-0.05, 0) is 37.5 Å². The van der Waals surface area contributed by atoms with E-state index in [2.05, 4.69) is 10.6 Å². The molecule has 0 bridgehead atoms. The number of hydrogen-bond acceptors (Lipinski definition) is 6. The molecule has 11 heteroatoms. The topological polar surface area (TPSA) is 185 Å². The maximum absolute atomic E-state index is 13.3. The Balaban J connectivity index is 2.95. The first-order valence-corrected chi connectivity index (χ1v) is 11.0. The van der Waals surface area contributed by atoms with E-state index in [0.29, 0.717) is 25.8 Å². The van der Waals surface area contributed by atoms with Crippen LogP contribution in [0.4, 0.5) is 0 Å². The minimum Gasteiger partial charge on any atom is -0.480 e. The molecule has 11 nitrogen and oxygen atoms in total. The molecule has 0 aromatic heterocycles. The quantitative estimate of drug-likeness (QED) is 0.258. The number of carbonyl (C=O) groups is 5. The molecular weight excluding hydrogens is 418 g/mol. The van der Waals surface area contributed by atoms with Crippen molar-refractivity contribution in [3.05, 3.63) is 0 Å². The van der Waals surface area contributed by atoms with Crippen molar-refractivity contribution in [2.75, 3.05) is 6.54 Å². The first-order valence-electron chi connectivity index (χ1n) is 11.0. The van der Waals surface area contributed by atoms with Gasteiger partial charge in [0.25, 0.3) is 0 Å². The van der Waals surface area contributed by atoms with Crippen molar-refractivity contribution in [1.29, 1.82) is 0 Å². The number of likely N-dealkylation sites (tertiary alicyclic amines) is 1. The molecule has 0 radical (unpaired) electrons. The standard InChI is InChI=1S/C21H37N5O6/c1-11(2)10-14(25-19(29)17(23)12(3)4)20(30)26-9-5-6-15(26)18(28)24-13(21(31)32)7-8-16(22)27/h11-15,17H,5-10,23H2,1-4H3,(H2,22,27)(H,24,28)(H,25,29)(H,31,32). The second-order valence-corrected chi connectivity index (χ2v) is 9.05. The normalized spacial score (nSPS) is 18.8. The second-order valence-electron chi connectivity index (χ2n) is 9.05. The number of hydrogen-bond donors (Lipinski definition) is 5. The highest BCUT2D eigenvalue weighted by atomic mass is 16.4. The minimum absolute atomic E-state index is 0.0968. The third kappa shape index (κ3) is 8.10. The summed E-state index contributed by atoms with van der Waals surface area (Å²) < 4.78 is 0. The molecule has 4 amide bonds. The van der Waals surface area contributed by atoms with Crippen molar-refractivity contribution < 1.29 is 29.1 Å². The number of nitrogens with zero attached hydrogens (tertiary/aromatic N) is 1. The second kappa shape index (κ2) is 12.4. The zero-order chi connectivity index (χ0) is 24.6. The van der Waals surface area contributed by atoms with E-state index in [1.807, 2.05) is 27.7 Å². The number of amides is 4. The summed E-state index contributed by atoms with van der Waals surface area (Å²) in [5.41, 5.74) is 11.0. The number of carbonyl (C=O) groups excluding carboxylic acids is 4. The van der Waals surface area contributed by atoms with Crippen LogP contribution in [0.3, 0.4) is 0 Å². The summed E-state index contributed by atoms with van der Waals surface area (Å²) in [6.45, 7) is 7.76. The lowest BCUT2D eigenvalue weighted by Gasteiger charge is -2.31. The number of nitrogens with two attached hydrogens (primary N) is 2. The van der Waals surface area contributed by atoms with Crippen LogP contribution in [0.15, 0.2) is 0 Å². The Morgan fingerprint density at radius 2 is 1.69 bits per heavy atom. The van der Waals surface area contributed by atoms with E-state index in [1.54, 1.807) is 0 Å². The Bertz CT molecular complexity index is 711. The molecular formula is C21H37N5O6. The SMILES string of the molecule is CC(C)CC(NC(=O)C(N)C(C)C)C(=O)N1CCCC1C(=O)NC(CCC(N)=O)C(=O)O. The van der Waals surface area contributed by atoms with Gasteiger partial charge in [0.2, 0.25) is 23.6 Å². The van der Waals surface area contributed by atoms with Crippen LogP contribution < -0.4 is 22.1 Å². The molecule has 4 atom stereocenters. The Kier molecular flexibility index (Phi) is 10.6. The molecule has 1 fully saturated rings. The lowest BCUT2D eigenvalue weighted by Crippen LogP contribution is -2.57. The molecule has 1 saturated heterocycles. The molecule has 0 aromatic carbocycles. The number of carboxylic acids is 1. The Hall–Kier alpha value is -2.69. The molecule has 1 heterocycles. The van der Waals surface area contributed by atoms with E-state index < -0.39 is 53.8 Å². The van der Waals surface area contributed by atoms with Gasteiger partial charge < -0.3 is 32.1 Å². The highest BCUT2D eigenvalue weighted by molar-refractivity contribution is 5.94. The maximum Gasteiger partial charge on any atom is 0.326 e. The van der Waals surface area contributed by atoms with Gasteiger partial charge in [-0.25, -0.2) is 4.79 Å². The average Bonchev–Trinajstić information content (AvgIpc) is 3.18. The predicted molar refractivity (Wildman–Crippen MR) is 117 cm³/mol. The number of rotatable bonds is 12. The average molecular weight is 456 g/mol. The summed E-state index contributed by atoms with van der Waals surface area (Å²) in [5.74, 6) is -3.41. The molecule has 0 spiro atoms. The summed E-state index contributed by atoms with van der Waals surface area (Å²) in [4.78, 5) is 62.3. The van der Waals surface area contributed by atoms with Crippen LogP contribution in [-0.2, 0) is 24.0 Å². The van der Waals surface area contributed by atoms with Crippen molar-refractivity contribution in [2.24, 2.45) is 23.3 Å². The van der Waals surface area contributed by atoms with E-state index in [4.69, 9.17) is 11.5 Å². The van der Waals surface area contributed by atoms with Gasteiger partial charge in [-0.3, -0.25) is 19.2 Å². The Labute approximate surface area is 188 Å². The van der Waals surface area contributed by atoms with Gasteiger partial charge in [0, 0.05) is 13.0 Å². The Morgan fingerprint density at radius 3 is 2.19 bits per heavy atom. The van der Waals surface area contributed by atoms with Crippen molar-refractivity contribution in [3.63, 3.8) is 0 Å². The van der Waals surface area contributed by atoms with Crippen LogP contribution in [0, 0.1) is 11.8 Å². The molecule has 1 aliphatic rings. The van der Waals surface area contributed by atoms with Gasteiger partial charge >= 0.3 is 5.97 Å². The first kappa shape index (κ1) is 27.3. The fourth-order valence-corrected chi connectivity index (χ4v) is 3.58. The lowest BCUT2D eigenvalue weighted by molar-refractivity contribution is -0.145. The van der Waals surface area contributed by atoms with E-state index in [0.717, 1.165) is 0 Å². The highest BCUT2D eigenvalue weighted by Crippen LogP contribution is 2.21. The first-order chi connectivity index (χ1) is 14.8. The van der Waals surface area contributed by atoms with Crippen LogP contribution in [-0.4, -0.2) is 70.3 Å². The summed E-state index contributed by atoms with van der Waals surface area (Å²) in [5, 5.41) is 14.5. The maximum atomic E-state index is 13.3. The summed E-state index contributed by atoms with van der Waals surface area (Å²) in [6, 6.07) is -3.76. The fourth-order valence-electron chi connectivity index (χ4n) is 3.58. The van der Waals surface area contributed by atoms with Crippen LogP contribution >= 0.6 is 0 Å². The van der Waals surface area contributed by atoms with E-state index in [1.165, 1.54) is 4.90 Å². The third-order valence-corrected chi connectivity index (χ3v) is 5.48. The van der Waals surface area contributed by atoms with Crippen molar-refractivity contribution in [3.8, 4) is 0 Å². The molecule has 182 valence electrons. The van der Waals surface area contributed by atoms with Crippen LogP contribution in [0.25, 0.3) is 0 Å². The molecule has 1 rings (SSSR count). The minimum atomic E-state index is -1.29. The predicted octanol–water partition coefficient (Wildman–Crippen LogP) is -0.673. The monoisotopic (exact) mass is 455 g/mol. The van der Waals surface area contributed by atoms with Gasteiger partial charge in [0.15, 0.2) is 0 Å². The van der Waals surface area contributed by atoms with E-state index in [9.17, 15) is 29.1 Å². The zero-order valence-corrected chi connectivity index (χ0v) is 19.3. The summed E-state index contributed by atoms with van der Waals surface area (Å²) in [6.07, 6.45) is 0.972. The Morgan fingerprint density at radius 1 is 1.06 bits per heavy atom. The highest BCUT2D eigenvalue weighted by Gasteiger charge is 2.39. The summed E-state index contributed by atoms with van der Waals surface area (Å²) in [7, 11) is 0. The number of nitrogens with one attached hydrogen (secondary N) is 2. The van der Waals surface area contributed by atoms with Crippen LogP contribution in [0.1, 0.15) is 59.8 Å². The summed E-state index contributed by atoms with van der Waals surface area (Å²) >= 11 is 0.